The van der Waals surface area contributed by atoms with Crippen molar-refractivity contribution in [3.63, 3.8) is 0 Å². The lowest BCUT2D eigenvalue weighted by molar-refractivity contribution is 0.300. The maximum atomic E-state index is 3.64. The standard InChI is InChI=1S/C14H27N/c1-12(10-11-15-14-8-9-14)13-6-4-2-3-5-7-13/h12-15H,2-11H2,1H3. The summed E-state index contributed by atoms with van der Waals surface area (Å²) in [5.41, 5.74) is 0. The van der Waals surface area contributed by atoms with Gasteiger partial charge in [-0.1, -0.05) is 45.4 Å². The fraction of sp³-hybridized carbons (Fsp3) is 1.00. The minimum Gasteiger partial charge on any atom is -0.314 e. The number of rotatable bonds is 5. The first-order valence-electron chi connectivity index (χ1n) is 7.09. The van der Waals surface area contributed by atoms with Crippen LogP contribution in [0.15, 0.2) is 0 Å². The molecule has 1 nitrogen and oxygen atoms in total. The summed E-state index contributed by atoms with van der Waals surface area (Å²) < 4.78 is 0. The summed E-state index contributed by atoms with van der Waals surface area (Å²) >= 11 is 0. The average molecular weight is 209 g/mol. The Balaban J connectivity index is 1.61. The van der Waals surface area contributed by atoms with E-state index in [-0.39, 0.29) is 0 Å². The van der Waals surface area contributed by atoms with Gasteiger partial charge in [-0.15, -0.1) is 0 Å². The van der Waals surface area contributed by atoms with Crippen molar-refractivity contribution >= 4 is 0 Å². The second-order valence-corrected chi connectivity index (χ2v) is 5.75. The fourth-order valence-electron chi connectivity index (χ4n) is 2.92. The molecular weight excluding hydrogens is 182 g/mol. The van der Waals surface area contributed by atoms with E-state index in [1.54, 1.807) is 0 Å². The third-order valence-electron chi connectivity index (χ3n) is 4.31. The van der Waals surface area contributed by atoms with Gasteiger partial charge in [-0.25, -0.2) is 0 Å². The molecule has 2 aliphatic carbocycles. The van der Waals surface area contributed by atoms with E-state index in [4.69, 9.17) is 0 Å². The lowest BCUT2D eigenvalue weighted by Crippen LogP contribution is -2.22. The van der Waals surface area contributed by atoms with Crippen LogP contribution in [0.3, 0.4) is 0 Å². The SMILES string of the molecule is CC(CCNC1CC1)C1CCCCCC1. The zero-order valence-corrected chi connectivity index (χ0v) is 10.3. The van der Waals surface area contributed by atoms with Gasteiger partial charge >= 0.3 is 0 Å². The molecule has 2 aliphatic rings. The van der Waals surface area contributed by atoms with Crippen molar-refractivity contribution in [3.8, 4) is 0 Å². The van der Waals surface area contributed by atoms with Gasteiger partial charge in [0, 0.05) is 6.04 Å². The molecule has 0 heterocycles. The first kappa shape index (κ1) is 11.4. The van der Waals surface area contributed by atoms with Crippen LogP contribution in [0.1, 0.15) is 64.7 Å². The van der Waals surface area contributed by atoms with E-state index < -0.39 is 0 Å². The predicted octanol–water partition coefficient (Wildman–Crippen LogP) is 3.74. The van der Waals surface area contributed by atoms with E-state index >= 15 is 0 Å². The third-order valence-corrected chi connectivity index (χ3v) is 4.31. The zero-order chi connectivity index (χ0) is 10.5. The quantitative estimate of drug-likeness (QED) is 0.680. The molecule has 0 bridgehead atoms. The summed E-state index contributed by atoms with van der Waals surface area (Å²) in [4.78, 5) is 0. The summed E-state index contributed by atoms with van der Waals surface area (Å²) in [6.45, 7) is 3.74. The van der Waals surface area contributed by atoms with E-state index in [0.717, 1.165) is 17.9 Å². The molecule has 0 aliphatic heterocycles. The Morgan fingerprint density at radius 1 is 1.00 bits per heavy atom. The summed E-state index contributed by atoms with van der Waals surface area (Å²) in [6, 6.07) is 0.895. The van der Waals surface area contributed by atoms with Crippen LogP contribution in [0, 0.1) is 11.8 Å². The van der Waals surface area contributed by atoms with Crippen LogP contribution in [-0.4, -0.2) is 12.6 Å². The van der Waals surface area contributed by atoms with Crippen LogP contribution >= 0.6 is 0 Å². The van der Waals surface area contributed by atoms with Gasteiger partial charge in [-0.05, 0) is 37.6 Å². The molecule has 2 fully saturated rings. The number of nitrogens with one attached hydrogen (secondary N) is 1. The van der Waals surface area contributed by atoms with Crippen molar-refractivity contribution in [2.24, 2.45) is 11.8 Å². The second kappa shape index (κ2) is 5.89. The molecule has 2 saturated carbocycles. The molecule has 0 amide bonds. The van der Waals surface area contributed by atoms with Gasteiger partial charge in [-0.2, -0.15) is 0 Å². The maximum absolute atomic E-state index is 3.64. The number of hydrogen-bond acceptors (Lipinski definition) is 1. The summed E-state index contributed by atoms with van der Waals surface area (Å²) in [5.74, 6) is 1.99. The molecule has 1 atom stereocenters. The first-order valence-corrected chi connectivity index (χ1v) is 7.09. The molecule has 1 heteroatoms. The third kappa shape index (κ3) is 4.14. The molecule has 0 aromatic carbocycles. The molecule has 1 unspecified atom stereocenters. The van der Waals surface area contributed by atoms with E-state index in [0.29, 0.717) is 0 Å². The zero-order valence-electron chi connectivity index (χ0n) is 10.3. The van der Waals surface area contributed by atoms with Crippen molar-refractivity contribution in [3.05, 3.63) is 0 Å². The molecular formula is C14H27N. The fourth-order valence-corrected chi connectivity index (χ4v) is 2.92. The molecule has 15 heavy (non-hydrogen) atoms. The minimum atomic E-state index is 0.895. The summed E-state index contributed by atoms with van der Waals surface area (Å²) in [7, 11) is 0. The number of hydrogen-bond donors (Lipinski definition) is 1. The molecule has 0 spiro atoms. The highest BCUT2D eigenvalue weighted by Gasteiger charge is 2.22. The summed E-state index contributed by atoms with van der Waals surface area (Å²) in [6.07, 6.45) is 13.2. The molecule has 0 aromatic heterocycles. The molecule has 88 valence electrons. The van der Waals surface area contributed by atoms with Gasteiger partial charge in [0.05, 0.1) is 0 Å². The van der Waals surface area contributed by atoms with Crippen molar-refractivity contribution in [1.29, 1.82) is 0 Å². The van der Waals surface area contributed by atoms with Crippen LogP contribution < -0.4 is 5.32 Å². The highest BCUT2D eigenvalue weighted by Crippen LogP contribution is 2.30. The van der Waals surface area contributed by atoms with E-state index in [9.17, 15) is 0 Å². The van der Waals surface area contributed by atoms with Gasteiger partial charge in [0.25, 0.3) is 0 Å². The Labute approximate surface area is 95.0 Å². The predicted molar refractivity (Wildman–Crippen MR) is 66.0 cm³/mol. The van der Waals surface area contributed by atoms with Crippen molar-refractivity contribution in [1.82, 2.24) is 5.32 Å². The van der Waals surface area contributed by atoms with Crippen LogP contribution in [0.2, 0.25) is 0 Å². The lowest BCUT2D eigenvalue weighted by atomic mass is 9.85. The first-order chi connectivity index (χ1) is 7.36. The lowest BCUT2D eigenvalue weighted by Gasteiger charge is -2.22. The van der Waals surface area contributed by atoms with E-state index in [2.05, 4.69) is 12.2 Å². The van der Waals surface area contributed by atoms with Crippen molar-refractivity contribution in [2.45, 2.75) is 70.8 Å². The maximum Gasteiger partial charge on any atom is 0.00682 e. The second-order valence-electron chi connectivity index (χ2n) is 5.75. The molecule has 0 radical (unpaired) electrons. The Bertz CT molecular complexity index is 166. The topological polar surface area (TPSA) is 12.0 Å². The van der Waals surface area contributed by atoms with Crippen LogP contribution in [0.5, 0.6) is 0 Å². The average Bonchev–Trinajstić information content (AvgIpc) is 3.04. The van der Waals surface area contributed by atoms with Crippen LogP contribution in [-0.2, 0) is 0 Å². The van der Waals surface area contributed by atoms with Gasteiger partial charge in [0.2, 0.25) is 0 Å². The van der Waals surface area contributed by atoms with Gasteiger partial charge in [0.1, 0.15) is 0 Å². The molecule has 2 rings (SSSR count). The Kier molecular flexibility index (Phi) is 4.49. The molecule has 0 aromatic rings. The molecule has 0 saturated heterocycles. The van der Waals surface area contributed by atoms with Crippen LogP contribution in [0.4, 0.5) is 0 Å². The highest BCUT2D eigenvalue weighted by molar-refractivity contribution is 4.81. The normalized spacial score (nSPS) is 26.2. The monoisotopic (exact) mass is 209 g/mol. The van der Waals surface area contributed by atoms with E-state index in [1.807, 2.05) is 0 Å². The highest BCUT2D eigenvalue weighted by atomic mass is 14.9. The van der Waals surface area contributed by atoms with E-state index in [1.165, 1.54) is 64.3 Å². The Hall–Kier alpha value is -0.0400. The van der Waals surface area contributed by atoms with Crippen LogP contribution in [0.25, 0.3) is 0 Å². The Morgan fingerprint density at radius 2 is 1.67 bits per heavy atom. The molecule has 1 N–H and O–H groups in total. The largest absolute Gasteiger partial charge is 0.314 e. The van der Waals surface area contributed by atoms with Gasteiger partial charge in [0.15, 0.2) is 0 Å². The van der Waals surface area contributed by atoms with Crippen molar-refractivity contribution in [2.75, 3.05) is 6.54 Å². The van der Waals surface area contributed by atoms with Crippen molar-refractivity contribution < 1.29 is 0 Å². The summed E-state index contributed by atoms with van der Waals surface area (Å²) in [5, 5.41) is 3.64. The van der Waals surface area contributed by atoms with Gasteiger partial charge < -0.3 is 5.32 Å². The van der Waals surface area contributed by atoms with Gasteiger partial charge in [-0.3, -0.25) is 0 Å². The smallest absolute Gasteiger partial charge is 0.00682 e. The minimum absolute atomic E-state index is 0.895. The Morgan fingerprint density at radius 3 is 2.27 bits per heavy atom.